The molecule has 0 spiro atoms. The number of carbonyl (C=O) groups is 3. The molecule has 0 radical (unpaired) electrons. The van der Waals surface area contributed by atoms with Crippen LogP contribution in [0.1, 0.15) is 15.9 Å². The van der Waals surface area contributed by atoms with Crippen LogP contribution in [0.3, 0.4) is 0 Å². The molecule has 1 fully saturated rings. The fourth-order valence-electron chi connectivity index (χ4n) is 2.66. The molecular formula is C20H19ClN4O4. The number of amides is 3. The average molecular weight is 415 g/mol. The highest BCUT2D eigenvalue weighted by molar-refractivity contribution is 6.40. The van der Waals surface area contributed by atoms with Crippen LogP contribution in [-0.4, -0.2) is 55.1 Å². The van der Waals surface area contributed by atoms with Crippen LogP contribution in [0.5, 0.6) is 0 Å². The van der Waals surface area contributed by atoms with Crippen LogP contribution in [0, 0.1) is 0 Å². The molecule has 2 aromatic carbocycles. The summed E-state index contributed by atoms with van der Waals surface area (Å²) >= 11 is 5.80. The van der Waals surface area contributed by atoms with E-state index in [4.69, 9.17) is 16.3 Å². The van der Waals surface area contributed by atoms with Gasteiger partial charge in [0.1, 0.15) is 0 Å². The molecule has 0 atom stereocenters. The topological polar surface area (TPSA) is 100 Å². The second-order valence-electron chi connectivity index (χ2n) is 6.15. The standard InChI is InChI=1S/C20H19ClN4O4/c21-15-7-5-14(6-8-15)13-22-24-19(27)18(26)23-17-4-2-1-3-16(17)20(28)25-9-11-29-12-10-25/h1-8,13H,9-12H2,(H,23,26)(H,24,27)/b22-13-. The Balaban J connectivity index is 1.61. The normalized spacial score (nSPS) is 13.9. The maximum absolute atomic E-state index is 12.7. The lowest BCUT2D eigenvalue weighted by molar-refractivity contribution is -0.136. The summed E-state index contributed by atoms with van der Waals surface area (Å²) in [5.41, 5.74) is 3.42. The van der Waals surface area contributed by atoms with Crippen molar-refractivity contribution in [3.63, 3.8) is 0 Å². The molecule has 1 aliphatic heterocycles. The number of carbonyl (C=O) groups excluding carboxylic acids is 3. The van der Waals surface area contributed by atoms with Gasteiger partial charge in [-0.1, -0.05) is 35.9 Å². The van der Waals surface area contributed by atoms with Gasteiger partial charge in [0.2, 0.25) is 0 Å². The van der Waals surface area contributed by atoms with E-state index in [2.05, 4.69) is 15.8 Å². The van der Waals surface area contributed by atoms with Gasteiger partial charge >= 0.3 is 11.8 Å². The third-order valence-corrected chi connectivity index (χ3v) is 4.41. The Morgan fingerprint density at radius 1 is 1.00 bits per heavy atom. The Morgan fingerprint density at radius 3 is 2.41 bits per heavy atom. The van der Waals surface area contributed by atoms with E-state index in [0.717, 1.165) is 0 Å². The fourth-order valence-corrected chi connectivity index (χ4v) is 2.79. The van der Waals surface area contributed by atoms with Crippen LogP contribution in [0.4, 0.5) is 5.69 Å². The predicted octanol–water partition coefficient (Wildman–Crippen LogP) is 1.90. The number of anilines is 1. The van der Waals surface area contributed by atoms with Crippen LogP contribution in [0.2, 0.25) is 5.02 Å². The molecule has 2 aromatic rings. The van der Waals surface area contributed by atoms with Crippen molar-refractivity contribution in [1.82, 2.24) is 10.3 Å². The van der Waals surface area contributed by atoms with Crippen LogP contribution < -0.4 is 10.7 Å². The SMILES string of the molecule is O=C(N/N=C\c1ccc(Cl)cc1)C(=O)Nc1ccccc1C(=O)N1CCOCC1. The lowest BCUT2D eigenvalue weighted by atomic mass is 10.1. The minimum atomic E-state index is -0.955. The molecule has 0 aromatic heterocycles. The van der Waals surface area contributed by atoms with E-state index in [1.807, 2.05) is 0 Å². The van der Waals surface area contributed by atoms with E-state index >= 15 is 0 Å². The fraction of sp³-hybridized carbons (Fsp3) is 0.200. The number of benzene rings is 2. The van der Waals surface area contributed by atoms with Gasteiger partial charge in [-0.25, -0.2) is 5.43 Å². The minimum Gasteiger partial charge on any atom is -0.378 e. The van der Waals surface area contributed by atoms with Gasteiger partial charge in [-0.05, 0) is 29.8 Å². The smallest absolute Gasteiger partial charge is 0.329 e. The van der Waals surface area contributed by atoms with Gasteiger partial charge in [0.25, 0.3) is 5.91 Å². The first-order valence-electron chi connectivity index (χ1n) is 8.90. The number of rotatable bonds is 4. The van der Waals surface area contributed by atoms with Gasteiger partial charge in [-0.3, -0.25) is 14.4 Å². The Morgan fingerprint density at radius 2 is 1.69 bits per heavy atom. The Bertz CT molecular complexity index is 924. The molecule has 29 heavy (non-hydrogen) atoms. The highest BCUT2D eigenvalue weighted by atomic mass is 35.5. The Labute approximate surface area is 172 Å². The number of hydrazone groups is 1. The van der Waals surface area contributed by atoms with Crippen molar-refractivity contribution in [3.8, 4) is 0 Å². The number of nitrogens with one attached hydrogen (secondary N) is 2. The van der Waals surface area contributed by atoms with Crippen molar-refractivity contribution in [1.29, 1.82) is 0 Å². The molecule has 3 rings (SSSR count). The van der Waals surface area contributed by atoms with Crippen LogP contribution in [0.25, 0.3) is 0 Å². The Kier molecular flexibility index (Phi) is 6.94. The molecular weight excluding hydrogens is 396 g/mol. The van der Waals surface area contributed by atoms with Gasteiger partial charge in [0.05, 0.1) is 30.7 Å². The minimum absolute atomic E-state index is 0.231. The monoisotopic (exact) mass is 414 g/mol. The molecule has 150 valence electrons. The summed E-state index contributed by atoms with van der Waals surface area (Å²) in [6, 6.07) is 13.3. The van der Waals surface area contributed by atoms with E-state index in [9.17, 15) is 14.4 Å². The second-order valence-corrected chi connectivity index (χ2v) is 6.59. The number of hydrogen-bond acceptors (Lipinski definition) is 5. The van der Waals surface area contributed by atoms with E-state index in [1.165, 1.54) is 6.21 Å². The number of nitrogens with zero attached hydrogens (tertiary/aromatic N) is 2. The molecule has 0 bridgehead atoms. The molecule has 0 saturated carbocycles. The van der Waals surface area contributed by atoms with Gasteiger partial charge in [-0.15, -0.1) is 0 Å². The number of hydrogen-bond donors (Lipinski definition) is 2. The zero-order valence-corrected chi connectivity index (χ0v) is 16.2. The zero-order chi connectivity index (χ0) is 20.6. The quantitative estimate of drug-likeness (QED) is 0.453. The summed E-state index contributed by atoms with van der Waals surface area (Å²) in [5, 5.41) is 6.79. The summed E-state index contributed by atoms with van der Waals surface area (Å²) in [7, 11) is 0. The molecule has 2 N–H and O–H groups in total. The van der Waals surface area contributed by atoms with Gasteiger partial charge in [0.15, 0.2) is 0 Å². The number of ether oxygens (including phenoxy) is 1. The predicted molar refractivity (Wildman–Crippen MR) is 109 cm³/mol. The molecule has 1 aliphatic rings. The van der Waals surface area contributed by atoms with E-state index in [0.29, 0.717) is 42.5 Å². The lowest BCUT2D eigenvalue weighted by Crippen LogP contribution is -2.41. The average Bonchev–Trinajstić information content (AvgIpc) is 2.75. The van der Waals surface area contributed by atoms with Gasteiger partial charge in [-0.2, -0.15) is 5.10 Å². The molecule has 0 aliphatic carbocycles. The summed E-state index contributed by atoms with van der Waals surface area (Å²) in [6.45, 7) is 1.88. The van der Waals surface area contributed by atoms with E-state index < -0.39 is 11.8 Å². The first-order chi connectivity index (χ1) is 14.0. The summed E-state index contributed by atoms with van der Waals surface area (Å²) < 4.78 is 5.25. The molecule has 0 unspecified atom stereocenters. The largest absolute Gasteiger partial charge is 0.378 e. The molecule has 1 heterocycles. The van der Waals surface area contributed by atoms with Gasteiger partial charge < -0.3 is 15.0 Å². The van der Waals surface area contributed by atoms with Crippen molar-refractivity contribution < 1.29 is 19.1 Å². The maximum atomic E-state index is 12.7. The first-order valence-corrected chi connectivity index (χ1v) is 9.28. The van der Waals surface area contributed by atoms with E-state index in [1.54, 1.807) is 53.4 Å². The van der Waals surface area contributed by atoms with Crippen molar-refractivity contribution in [2.75, 3.05) is 31.6 Å². The molecule has 9 heteroatoms. The summed E-state index contributed by atoms with van der Waals surface area (Å²) in [6.07, 6.45) is 1.39. The van der Waals surface area contributed by atoms with Crippen molar-refractivity contribution in [2.45, 2.75) is 0 Å². The van der Waals surface area contributed by atoms with Gasteiger partial charge in [0, 0.05) is 18.1 Å². The number of morpholine rings is 1. The van der Waals surface area contributed by atoms with Crippen molar-refractivity contribution >= 4 is 41.2 Å². The summed E-state index contributed by atoms with van der Waals surface area (Å²) in [4.78, 5) is 38.6. The third-order valence-electron chi connectivity index (χ3n) is 4.16. The lowest BCUT2D eigenvalue weighted by Gasteiger charge is -2.27. The Hall–Kier alpha value is -3.23. The summed E-state index contributed by atoms with van der Waals surface area (Å²) in [5.74, 6) is -2.12. The molecule has 3 amide bonds. The van der Waals surface area contributed by atoms with E-state index in [-0.39, 0.29) is 11.6 Å². The first kappa shape index (κ1) is 20.5. The van der Waals surface area contributed by atoms with Crippen molar-refractivity contribution in [2.24, 2.45) is 5.10 Å². The second kappa shape index (κ2) is 9.81. The van der Waals surface area contributed by atoms with Crippen LogP contribution in [-0.2, 0) is 14.3 Å². The maximum Gasteiger partial charge on any atom is 0.329 e. The van der Waals surface area contributed by atoms with Crippen LogP contribution >= 0.6 is 11.6 Å². The molecule has 1 saturated heterocycles. The highest BCUT2D eigenvalue weighted by Crippen LogP contribution is 2.18. The van der Waals surface area contributed by atoms with Crippen molar-refractivity contribution in [3.05, 3.63) is 64.7 Å². The number of halogens is 1. The third kappa shape index (κ3) is 5.63. The highest BCUT2D eigenvalue weighted by Gasteiger charge is 2.22. The molecule has 8 nitrogen and oxygen atoms in total. The zero-order valence-electron chi connectivity index (χ0n) is 15.4. The number of para-hydroxylation sites is 1. The van der Waals surface area contributed by atoms with Crippen LogP contribution in [0.15, 0.2) is 53.6 Å².